The molecule has 1 aliphatic rings. The minimum absolute atomic E-state index is 0.0915. The van der Waals surface area contributed by atoms with E-state index >= 15 is 0 Å². The van der Waals surface area contributed by atoms with Gasteiger partial charge in [-0.05, 0) is 12.8 Å². The average Bonchev–Trinajstić information content (AvgIpc) is 2.37. The molecule has 0 aromatic rings. The normalized spacial score (nSPS) is 18.6. The van der Waals surface area contributed by atoms with Crippen molar-refractivity contribution in [2.75, 3.05) is 44.9 Å². The summed E-state index contributed by atoms with van der Waals surface area (Å²) < 4.78 is 55.2. The molecule has 1 aliphatic heterocycles. The molecule has 7 nitrogen and oxygen atoms in total. The molecule has 1 rings (SSSR count). The van der Waals surface area contributed by atoms with Crippen molar-refractivity contribution in [3.05, 3.63) is 0 Å². The Kier molecular flexibility index (Phi) is 6.67. The number of sulfonamides is 2. The van der Waals surface area contributed by atoms with Gasteiger partial charge in [0.25, 0.3) is 0 Å². The van der Waals surface area contributed by atoms with Gasteiger partial charge in [-0.15, -0.1) is 0 Å². The summed E-state index contributed by atoms with van der Waals surface area (Å²) in [5, 5.41) is 0. The van der Waals surface area contributed by atoms with Gasteiger partial charge in [0.2, 0.25) is 20.0 Å². The zero-order valence-corrected chi connectivity index (χ0v) is 12.8. The van der Waals surface area contributed by atoms with Crippen molar-refractivity contribution < 1.29 is 21.6 Å². The maximum Gasteiger partial charge on any atom is 0.215 e. The molecule has 0 spiro atoms. The summed E-state index contributed by atoms with van der Waals surface area (Å²) in [6.07, 6.45) is 2.80. The Hall–Kier alpha value is -0.220. The van der Waals surface area contributed by atoms with Gasteiger partial charge in [-0.1, -0.05) is 6.42 Å². The Morgan fingerprint density at radius 3 is 2.26 bits per heavy atom. The van der Waals surface area contributed by atoms with Crippen LogP contribution in [0.5, 0.6) is 0 Å². The van der Waals surface area contributed by atoms with Crippen molar-refractivity contribution in [2.24, 2.45) is 0 Å². The van der Waals surface area contributed by atoms with E-state index < -0.39 is 20.0 Å². The smallest absolute Gasteiger partial charge is 0.215 e. The third kappa shape index (κ3) is 6.17. The van der Waals surface area contributed by atoms with Crippen LogP contribution < -0.4 is 4.72 Å². The van der Waals surface area contributed by atoms with Gasteiger partial charge in [-0.3, -0.25) is 0 Å². The van der Waals surface area contributed by atoms with Crippen molar-refractivity contribution >= 4 is 20.0 Å². The van der Waals surface area contributed by atoms with Gasteiger partial charge in [0, 0.05) is 26.7 Å². The van der Waals surface area contributed by atoms with Gasteiger partial charge in [0.1, 0.15) is 0 Å². The summed E-state index contributed by atoms with van der Waals surface area (Å²) in [4.78, 5) is 0. The van der Waals surface area contributed by atoms with Crippen LogP contribution in [-0.2, 0) is 24.8 Å². The van der Waals surface area contributed by atoms with E-state index in [-0.39, 0.29) is 24.7 Å². The molecule has 1 saturated heterocycles. The zero-order chi connectivity index (χ0) is 14.4. The zero-order valence-electron chi connectivity index (χ0n) is 11.2. The number of rotatable bonds is 8. The van der Waals surface area contributed by atoms with Gasteiger partial charge < -0.3 is 4.74 Å². The lowest BCUT2D eigenvalue weighted by molar-refractivity contribution is 0.217. The summed E-state index contributed by atoms with van der Waals surface area (Å²) in [6, 6.07) is 0. The number of hydrogen-bond acceptors (Lipinski definition) is 5. The van der Waals surface area contributed by atoms with Crippen LogP contribution in [0.4, 0.5) is 0 Å². The summed E-state index contributed by atoms with van der Waals surface area (Å²) in [7, 11) is -5.39. The third-order valence-corrected chi connectivity index (χ3v) is 6.17. The number of methoxy groups -OCH3 is 1. The molecule has 0 bridgehead atoms. The first-order chi connectivity index (χ1) is 8.87. The standard InChI is InChI=1S/C10H22N2O5S2/c1-17-8-10-18(13,14)11-5-9-19(15,16)12-6-3-2-4-7-12/h11H,2-10H2,1H3. The van der Waals surface area contributed by atoms with Gasteiger partial charge in [0.05, 0.1) is 18.1 Å². The second kappa shape index (κ2) is 7.53. The van der Waals surface area contributed by atoms with E-state index in [0.717, 1.165) is 19.3 Å². The highest BCUT2D eigenvalue weighted by Crippen LogP contribution is 2.13. The fourth-order valence-corrected chi connectivity index (χ4v) is 4.37. The lowest BCUT2D eigenvalue weighted by Gasteiger charge is -2.25. The molecule has 0 amide bonds. The molecule has 1 N–H and O–H groups in total. The van der Waals surface area contributed by atoms with Crippen LogP contribution in [0.1, 0.15) is 19.3 Å². The van der Waals surface area contributed by atoms with Gasteiger partial charge in [-0.25, -0.2) is 25.9 Å². The fourth-order valence-electron chi connectivity index (χ4n) is 1.86. The van der Waals surface area contributed by atoms with Crippen LogP contribution >= 0.6 is 0 Å². The molecular formula is C10H22N2O5S2. The van der Waals surface area contributed by atoms with Crippen LogP contribution in [-0.4, -0.2) is 66.0 Å². The van der Waals surface area contributed by atoms with Crippen molar-refractivity contribution in [3.63, 3.8) is 0 Å². The van der Waals surface area contributed by atoms with Crippen LogP contribution in [0.15, 0.2) is 0 Å². The van der Waals surface area contributed by atoms with Crippen molar-refractivity contribution in [2.45, 2.75) is 19.3 Å². The minimum atomic E-state index is -3.45. The minimum Gasteiger partial charge on any atom is -0.384 e. The molecule has 0 radical (unpaired) electrons. The van der Waals surface area contributed by atoms with Gasteiger partial charge in [0.15, 0.2) is 0 Å². The molecule has 0 aromatic carbocycles. The molecule has 0 saturated carbocycles. The van der Waals surface area contributed by atoms with Crippen LogP contribution in [0.2, 0.25) is 0 Å². The number of hydrogen-bond donors (Lipinski definition) is 1. The van der Waals surface area contributed by atoms with Crippen molar-refractivity contribution in [3.8, 4) is 0 Å². The summed E-state index contributed by atoms with van der Waals surface area (Å²) >= 11 is 0. The molecule has 114 valence electrons. The van der Waals surface area contributed by atoms with Crippen LogP contribution in [0, 0.1) is 0 Å². The van der Waals surface area contributed by atoms with E-state index in [1.165, 1.54) is 11.4 Å². The highest BCUT2D eigenvalue weighted by Gasteiger charge is 2.24. The Labute approximate surface area is 115 Å². The van der Waals surface area contributed by atoms with E-state index in [1.807, 2.05) is 0 Å². The van der Waals surface area contributed by atoms with E-state index in [9.17, 15) is 16.8 Å². The molecule has 19 heavy (non-hydrogen) atoms. The molecular weight excluding hydrogens is 292 g/mol. The third-order valence-electron chi connectivity index (χ3n) is 2.95. The molecule has 9 heteroatoms. The number of nitrogens with one attached hydrogen (secondary N) is 1. The maximum absolute atomic E-state index is 12.0. The lowest BCUT2D eigenvalue weighted by atomic mass is 10.2. The Balaban J connectivity index is 2.39. The Morgan fingerprint density at radius 1 is 1.05 bits per heavy atom. The molecule has 1 heterocycles. The van der Waals surface area contributed by atoms with E-state index in [2.05, 4.69) is 9.46 Å². The topological polar surface area (TPSA) is 92.8 Å². The first-order valence-electron chi connectivity index (χ1n) is 6.31. The first-order valence-corrected chi connectivity index (χ1v) is 9.58. The van der Waals surface area contributed by atoms with E-state index in [4.69, 9.17) is 0 Å². The summed E-state index contributed by atoms with van der Waals surface area (Å²) in [5.41, 5.74) is 0. The fraction of sp³-hybridized carbons (Fsp3) is 1.00. The first kappa shape index (κ1) is 16.8. The van der Waals surface area contributed by atoms with E-state index in [1.54, 1.807) is 0 Å². The largest absolute Gasteiger partial charge is 0.384 e. The van der Waals surface area contributed by atoms with Crippen molar-refractivity contribution in [1.29, 1.82) is 0 Å². The second-order valence-corrected chi connectivity index (χ2v) is 8.50. The summed E-state index contributed by atoms with van der Waals surface area (Å²) in [6.45, 7) is 1.08. The monoisotopic (exact) mass is 314 g/mol. The predicted octanol–water partition coefficient (Wildman–Crippen LogP) is -0.632. The number of ether oxygens (including phenoxy) is 1. The average molecular weight is 314 g/mol. The van der Waals surface area contributed by atoms with Gasteiger partial charge in [-0.2, -0.15) is 0 Å². The van der Waals surface area contributed by atoms with Crippen molar-refractivity contribution in [1.82, 2.24) is 9.03 Å². The Bertz CT molecular complexity index is 454. The maximum atomic E-state index is 12.0. The number of piperidine rings is 1. The molecule has 1 fully saturated rings. The number of nitrogens with zero attached hydrogens (tertiary/aromatic N) is 1. The highest BCUT2D eigenvalue weighted by molar-refractivity contribution is 7.90. The highest BCUT2D eigenvalue weighted by atomic mass is 32.2. The van der Waals surface area contributed by atoms with Gasteiger partial charge >= 0.3 is 0 Å². The molecule has 0 aromatic heterocycles. The quantitative estimate of drug-likeness (QED) is 0.644. The van der Waals surface area contributed by atoms with Crippen LogP contribution in [0.25, 0.3) is 0 Å². The SMILES string of the molecule is COCCS(=O)(=O)NCCS(=O)(=O)N1CCCCC1. The predicted molar refractivity (Wildman–Crippen MR) is 72.9 cm³/mol. The second-order valence-electron chi connectivity index (χ2n) is 4.48. The summed E-state index contributed by atoms with van der Waals surface area (Å²) in [5.74, 6) is -0.355. The van der Waals surface area contributed by atoms with Crippen LogP contribution in [0.3, 0.4) is 0 Å². The lowest BCUT2D eigenvalue weighted by Crippen LogP contribution is -2.40. The molecule has 0 atom stereocenters. The van der Waals surface area contributed by atoms with E-state index in [0.29, 0.717) is 13.1 Å². The molecule has 0 unspecified atom stereocenters. The molecule has 0 aliphatic carbocycles. The Morgan fingerprint density at radius 2 is 1.68 bits per heavy atom.